The number of halogens is 1. The summed E-state index contributed by atoms with van der Waals surface area (Å²) < 4.78 is 25.9. The zero-order valence-electron chi connectivity index (χ0n) is 10.3. The average Bonchev–Trinajstić information content (AvgIpc) is 2.28. The summed E-state index contributed by atoms with van der Waals surface area (Å²) in [6.07, 6.45) is 3.14. The molecule has 0 spiro atoms. The van der Waals surface area contributed by atoms with Gasteiger partial charge in [0, 0.05) is 37.3 Å². The second-order valence-electron chi connectivity index (χ2n) is 4.21. The van der Waals surface area contributed by atoms with E-state index in [4.69, 9.17) is 11.6 Å². The molecule has 1 heterocycles. The summed E-state index contributed by atoms with van der Waals surface area (Å²) in [4.78, 5) is 4.26. The summed E-state index contributed by atoms with van der Waals surface area (Å²) in [5, 5.41) is 1.75. The Morgan fingerprint density at radius 2 is 1.94 bits per heavy atom. The van der Waals surface area contributed by atoms with Crippen LogP contribution in [0.2, 0.25) is 5.02 Å². The standard InChI is InChI=1S/C12H13ClN2O2S/c1-8-6-11(13)10-7-14-5-4-9(10)12(8)18(16,17)15(2)3/h4-7H,1-3H3. The van der Waals surface area contributed by atoms with Gasteiger partial charge in [-0.3, -0.25) is 4.98 Å². The summed E-state index contributed by atoms with van der Waals surface area (Å²) in [5.74, 6) is 0. The third kappa shape index (κ3) is 1.98. The van der Waals surface area contributed by atoms with Crippen LogP contribution in [0.1, 0.15) is 5.56 Å². The maximum atomic E-state index is 12.3. The second-order valence-corrected chi connectivity index (χ2v) is 6.71. The van der Waals surface area contributed by atoms with Gasteiger partial charge in [0.05, 0.1) is 9.92 Å². The highest BCUT2D eigenvalue weighted by molar-refractivity contribution is 7.89. The minimum absolute atomic E-state index is 0.286. The molecule has 0 amide bonds. The van der Waals surface area contributed by atoms with Gasteiger partial charge in [0.2, 0.25) is 10.0 Å². The molecule has 0 aliphatic heterocycles. The molecule has 0 unspecified atom stereocenters. The lowest BCUT2D eigenvalue weighted by Gasteiger charge is -2.16. The first-order valence-electron chi connectivity index (χ1n) is 5.31. The summed E-state index contributed by atoms with van der Waals surface area (Å²) in [7, 11) is -0.483. The van der Waals surface area contributed by atoms with Crippen LogP contribution in [0.25, 0.3) is 10.8 Å². The number of hydrogen-bond donors (Lipinski definition) is 0. The number of hydrogen-bond acceptors (Lipinski definition) is 3. The molecule has 0 saturated heterocycles. The van der Waals surface area contributed by atoms with E-state index in [9.17, 15) is 8.42 Å². The number of fused-ring (bicyclic) bond motifs is 1. The van der Waals surface area contributed by atoms with Crippen LogP contribution in [0, 0.1) is 6.92 Å². The lowest BCUT2D eigenvalue weighted by atomic mass is 10.1. The van der Waals surface area contributed by atoms with E-state index in [0.29, 0.717) is 21.4 Å². The van der Waals surface area contributed by atoms with E-state index in [0.717, 1.165) is 0 Å². The number of sulfonamides is 1. The van der Waals surface area contributed by atoms with Gasteiger partial charge in [-0.25, -0.2) is 12.7 Å². The van der Waals surface area contributed by atoms with Crippen LogP contribution in [-0.4, -0.2) is 31.8 Å². The van der Waals surface area contributed by atoms with Crippen molar-refractivity contribution in [1.29, 1.82) is 0 Å². The minimum Gasteiger partial charge on any atom is -0.264 e. The van der Waals surface area contributed by atoms with Gasteiger partial charge in [0.1, 0.15) is 0 Å². The zero-order valence-corrected chi connectivity index (χ0v) is 11.9. The van der Waals surface area contributed by atoms with E-state index < -0.39 is 10.0 Å². The van der Waals surface area contributed by atoms with Crippen molar-refractivity contribution in [2.24, 2.45) is 0 Å². The zero-order chi connectivity index (χ0) is 13.5. The molecular weight excluding hydrogens is 272 g/mol. The lowest BCUT2D eigenvalue weighted by molar-refractivity contribution is 0.521. The normalized spacial score (nSPS) is 12.3. The summed E-state index contributed by atoms with van der Waals surface area (Å²) in [6.45, 7) is 1.74. The summed E-state index contributed by atoms with van der Waals surface area (Å²) >= 11 is 6.12. The van der Waals surface area contributed by atoms with E-state index in [-0.39, 0.29) is 4.90 Å². The molecular formula is C12H13ClN2O2S. The van der Waals surface area contributed by atoms with Crippen LogP contribution in [0.4, 0.5) is 0 Å². The number of aromatic nitrogens is 1. The maximum Gasteiger partial charge on any atom is 0.243 e. The molecule has 0 N–H and O–H groups in total. The van der Waals surface area contributed by atoms with Gasteiger partial charge in [-0.2, -0.15) is 0 Å². The number of benzene rings is 1. The van der Waals surface area contributed by atoms with Gasteiger partial charge >= 0.3 is 0 Å². The van der Waals surface area contributed by atoms with E-state index in [1.165, 1.54) is 18.4 Å². The van der Waals surface area contributed by atoms with Gasteiger partial charge in [-0.15, -0.1) is 0 Å². The predicted octanol–water partition coefficient (Wildman–Crippen LogP) is 2.45. The van der Waals surface area contributed by atoms with Crippen LogP contribution < -0.4 is 0 Å². The SMILES string of the molecule is Cc1cc(Cl)c2cnccc2c1S(=O)(=O)N(C)C. The van der Waals surface area contributed by atoms with Crippen LogP contribution in [0.5, 0.6) is 0 Å². The molecule has 96 valence electrons. The Bertz CT molecular complexity index is 711. The number of nitrogens with zero attached hydrogens (tertiary/aromatic N) is 2. The molecule has 0 aliphatic carbocycles. The third-order valence-electron chi connectivity index (χ3n) is 2.76. The topological polar surface area (TPSA) is 50.3 Å². The van der Waals surface area contributed by atoms with E-state index >= 15 is 0 Å². The molecule has 1 aromatic heterocycles. The van der Waals surface area contributed by atoms with E-state index in [1.807, 2.05) is 0 Å². The van der Waals surface area contributed by atoms with Gasteiger partial charge < -0.3 is 0 Å². The summed E-state index contributed by atoms with van der Waals surface area (Å²) in [6, 6.07) is 3.33. The molecule has 0 aliphatic rings. The maximum absolute atomic E-state index is 12.3. The lowest BCUT2D eigenvalue weighted by Crippen LogP contribution is -2.23. The van der Waals surface area contributed by atoms with Crippen molar-refractivity contribution in [1.82, 2.24) is 9.29 Å². The predicted molar refractivity (Wildman–Crippen MR) is 72.4 cm³/mol. The fourth-order valence-corrected chi connectivity index (χ4v) is 3.45. The highest BCUT2D eigenvalue weighted by atomic mass is 35.5. The van der Waals surface area contributed by atoms with Crippen molar-refractivity contribution in [3.05, 3.63) is 35.1 Å². The Morgan fingerprint density at radius 3 is 2.56 bits per heavy atom. The fourth-order valence-electron chi connectivity index (χ4n) is 1.85. The van der Waals surface area contributed by atoms with Crippen LogP contribution in [0.3, 0.4) is 0 Å². The smallest absolute Gasteiger partial charge is 0.243 e. The first-order valence-corrected chi connectivity index (χ1v) is 7.13. The van der Waals surface area contributed by atoms with Gasteiger partial charge in [0.15, 0.2) is 0 Å². The van der Waals surface area contributed by atoms with Crippen molar-refractivity contribution in [2.45, 2.75) is 11.8 Å². The van der Waals surface area contributed by atoms with E-state index in [1.54, 1.807) is 31.5 Å². The molecule has 0 fully saturated rings. The van der Waals surface area contributed by atoms with Gasteiger partial charge in [0.25, 0.3) is 0 Å². The first-order chi connectivity index (χ1) is 8.35. The third-order valence-corrected chi connectivity index (χ3v) is 5.09. The number of aryl methyl sites for hydroxylation is 1. The highest BCUT2D eigenvalue weighted by Crippen LogP contribution is 2.32. The molecule has 0 saturated carbocycles. The average molecular weight is 285 g/mol. The number of rotatable bonds is 2. The Labute approximate surface area is 111 Å². The van der Waals surface area contributed by atoms with Crippen molar-refractivity contribution in [2.75, 3.05) is 14.1 Å². The van der Waals surface area contributed by atoms with Crippen molar-refractivity contribution >= 4 is 32.4 Å². The molecule has 0 bridgehead atoms. The highest BCUT2D eigenvalue weighted by Gasteiger charge is 2.23. The van der Waals surface area contributed by atoms with Crippen LogP contribution in [-0.2, 0) is 10.0 Å². The monoisotopic (exact) mass is 284 g/mol. The Hall–Kier alpha value is -1.17. The Kier molecular flexibility index (Phi) is 3.31. The first kappa shape index (κ1) is 13.3. The van der Waals surface area contributed by atoms with Crippen molar-refractivity contribution in [3.8, 4) is 0 Å². The second kappa shape index (κ2) is 4.50. The molecule has 1 aromatic carbocycles. The molecule has 4 nitrogen and oxygen atoms in total. The number of pyridine rings is 1. The molecule has 0 atom stereocenters. The van der Waals surface area contributed by atoms with Gasteiger partial charge in [-0.05, 0) is 24.6 Å². The quantitative estimate of drug-likeness (QED) is 0.851. The Balaban J connectivity index is 2.96. The molecule has 18 heavy (non-hydrogen) atoms. The van der Waals surface area contributed by atoms with E-state index in [2.05, 4.69) is 4.98 Å². The van der Waals surface area contributed by atoms with Gasteiger partial charge in [-0.1, -0.05) is 11.6 Å². The Morgan fingerprint density at radius 1 is 1.28 bits per heavy atom. The van der Waals surface area contributed by atoms with Crippen molar-refractivity contribution in [3.63, 3.8) is 0 Å². The minimum atomic E-state index is -3.50. The van der Waals surface area contributed by atoms with Crippen LogP contribution >= 0.6 is 11.6 Å². The molecule has 2 aromatic rings. The summed E-state index contributed by atoms with van der Waals surface area (Å²) in [5.41, 5.74) is 0.632. The van der Waals surface area contributed by atoms with Crippen LogP contribution in [0.15, 0.2) is 29.4 Å². The molecule has 6 heteroatoms. The largest absolute Gasteiger partial charge is 0.264 e. The van der Waals surface area contributed by atoms with Crippen molar-refractivity contribution < 1.29 is 8.42 Å². The molecule has 0 radical (unpaired) electrons. The molecule has 2 rings (SSSR count). The fraction of sp³-hybridized carbons (Fsp3) is 0.250.